The first-order chi connectivity index (χ1) is 10.1. The second kappa shape index (κ2) is 7.47. The van der Waals surface area contributed by atoms with Crippen molar-refractivity contribution < 1.29 is 19.1 Å². The predicted molar refractivity (Wildman–Crippen MR) is 82.3 cm³/mol. The van der Waals surface area contributed by atoms with Crippen molar-refractivity contribution in [1.82, 2.24) is 15.1 Å². The van der Waals surface area contributed by atoms with Crippen LogP contribution < -0.4 is 5.32 Å². The molecule has 126 valence electrons. The highest BCUT2D eigenvalue weighted by Crippen LogP contribution is 2.12. The van der Waals surface area contributed by atoms with Gasteiger partial charge < -0.3 is 15.0 Å². The van der Waals surface area contributed by atoms with Gasteiger partial charge in [0.25, 0.3) is 0 Å². The summed E-state index contributed by atoms with van der Waals surface area (Å²) in [6.45, 7) is 9.93. The normalized spacial score (nSPS) is 17.2. The number of nitrogens with zero attached hydrogens (tertiary/aromatic N) is 2. The summed E-state index contributed by atoms with van der Waals surface area (Å²) < 4.78 is 5.25. The van der Waals surface area contributed by atoms with Crippen molar-refractivity contribution in [3.63, 3.8) is 0 Å². The van der Waals surface area contributed by atoms with Crippen LogP contribution >= 0.6 is 0 Å². The Labute approximate surface area is 132 Å². The molecule has 1 saturated heterocycles. The van der Waals surface area contributed by atoms with Crippen molar-refractivity contribution in [1.29, 1.82) is 0 Å². The Balaban J connectivity index is 2.48. The van der Waals surface area contributed by atoms with Crippen LogP contribution in [0.2, 0.25) is 0 Å². The lowest BCUT2D eigenvalue weighted by atomic mass is 10.2. The first kappa shape index (κ1) is 18.3. The molecule has 0 bridgehead atoms. The molecule has 22 heavy (non-hydrogen) atoms. The fraction of sp³-hybridized carbons (Fsp3) is 0.800. The van der Waals surface area contributed by atoms with Gasteiger partial charge in [0.15, 0.2) is 0 Å². The third kappa shape index (κ3) is 5.91. The summed E-state index contributed by atoms with van der Waals surface area (Å²) in [6.07, 6.45) is 0.344. The van der Waals surface area contributed by atoms with E-state index in [0.29, 0.717) is 13.1 Å². The average molecular weight is 313 g/mol. The van der Waals surface area contributed by atoms with Crippen LogP contribution in [0.15, 0.2) is 0 Å². The number of carbonyl (C=O) groups is 3. The number of ether oxygens (including phenoxy) is 1. The zero-order chi connectivity index (χ0) is 16.9. The molecule has 0 saturated carbocycles. The summed E-state index contributed by atoms with van der Waals surface area (Å²) in [5, 5.41) is 2.82. The van der Waals surface area contributed by atoms with Crippen LogP contribution in [0.25, 0.3) is 0 Å². The van der Waals surface area contributed by atoms with Gasteiger partial charge in [-0.1, -0.05) is 6.92 Å². The fourth-order valence-corrected chi connectivity index (χ4v) is 1.95. The minimum atomic E-state index is -0.590. The van der Waals surface area contributed by atoms with E-state index in [-0.39, 0.29) is 30.9 Å². The summed E-state index contributed by atoms with van der Waals surface area (Å²) >= 11 is 0. The van der Waals surface area contributed by atoms with E-state index in [4.69, 9.17) is 4.74 Å². The zero-order valence-corrected chi connectivity index (χ0v) is 14.1. The van der Waals surface area contributed by atoms with Gasteiger partial charge in [-0.05, 0) is 34.1 Å². The van der Waals surface area contributed by atoms with Gasteiger partial charge in [0.1, 0.15) is 12.1 Å². The molecule has 0 aromatic heterocycles. The smallest absolute Gasteiger partial charge is 0.410 e. The van der Waals surface area contributed by atoms with E-state index in [9.17, 15) is 14.4 Å². The zero-order valence-electron chi connectivity index (χ0n) is 14.1. The van der Waals surface area contributed by atoms with E-state index in [2.05, 4.69) is 5.32 Å². The van der Waals surface area contributed by atoms with E-state index >= 15 is 0 Å². The van der Waals surface area contributed by atoms with Gasteiger partial charge in [-0.2, -0.15) is 0 Å². The Morgan fingerprint density at radius 2 is 1.95 bits per heavy atom. The Hall–Kier alpha value is -1.79. The van der Waals surface area contributed by atoms with Crippen LogP contribution in [-0.2, 0) is 14.3 Å². The van der Waals surface area contributed by atoms with Crippen molar-refractivity contribution in [3.8, 4) is 0 Å². The first-order valence-corrected chi connectivity index (χ1v) is 7.67. The third-order valence-corrected chi connectivity index (χ3v) is 3.32. The van der Waals surface area contributed by atoms with Crippen molar-refractivity contribution in [3.05, 3.63) is 0 Å². The summed E-state index contributed by atoms with van der Waals surface area (Å²) in [6, 6.07) is 0.0886. The molecule has 0 radical (unpaired) electrons. The largest absolute Gasteiger partial charge is 0.444 e. The average Bonchev–Trinajstić information content (AvgIpc) is 2.38. The summed E-state index contributed by atoms with van der Waals surface area (Å²) in [5.74, 6) is -0.412. The Morgan fingerprint density at radius 3 is 2.45 bits per heavy atom. The number of piperazine rings is 1. The van der Waals surface area contributed by atoms with Gasteiger partial charge in [0.05, 0.1) is 6.54 Å². The second-order valence-corrected chi connectivity index (χ2v) is 6.59. The van der Waals surface area contributed by atoms with Crippen LogP contribution in [0.1, 0.15) is 41.0 Å². The molecule has 0 aromatic rings. The Morgan fingerprint density at radius 1 is 1.32 bits per heavy atom. The summed E-state index contributed by atoms with van der Waals surface area (Å²) in [4.78, 5) is 38.6. The number of amides is 3. The van der Waals surface area contributed by atoms with Crippen LogP contribution in [0.3, 0.4) is 0 Å². The van der Waals surface area contributed by atoms with Crippen molar-refractivity contribution in [2.45, 2.75) is 52.7 Å². The molecule has 1 unspecified atom stereocenters. The van der Waals surface area contributed by atoms with Crippen molar-refractivity contribution >= 4 is 17.9 Å². The van der Waals surface area contributed by atoms with E-state index in [0.717, 1.165) is 6.42 Å². The maximum absolute atomic E-state index is 12.1. The molecule has 1 heterocycles. The summed E-state index contributed by atoms with van der Waals surface area (Å²) in [7, 11) is 0. The molecule has 3 amide bonds. The standard InChI is InChI=1S/C15H27N3O4/c1-6-11(2)16-12(19)9-17-7-8-18(10-13(17)20)14(21)22-15(3,4)5/h11H,6-10H2,1-5H3,(H,16,19). The number of carbonyl (C=O) groups excluding carboxylic acids is 3. The highest BCUT2D eigenvalue weighted by Gasteiger charge is 2.31. The topological polar surface area (TPSA) is 79.0 Å². The number of hydrogen-bond acceptors (Lipinski definition) is 4. The SMILES string of the molecule is CCC(C)NC(=O)CN1CCN(C(=O)OC(C)(C)C)CC1=O. The van der Waals surface area contributed by atoms with Gasteiger partial charge in [-0.25, -0.2) is 4.79 Å². The lowest BCUT2D eigenvalue weighted by Gasteiger charge is -2.35. The molecule has 1 aliphatic rings. The maximum atomic E-state index is 12.1. The van der Waals surface area contributed by atoms with Crippen LogP contribution in [0.4, 0.5) is 4.79 Å². The first-order valence-electron chi connectivity index (χ1n) is 7.67. The highest BCUT2D eigenvalue weighted by atomic mass is 16.6. The van der Waals surface area contributed by atoms with Gasteiger partial charge >= 0.3 is 6.09 Å². The molecule has 0 spiro atoms. The maximum Gasteiger partial charge on any atom is 0.410 e. The second-order valence-electron chi connectivity index (χ2n) is 6.59. The van der Waals surface area contributed by atoms with Crippen molar-refractivity contribution in [2.24, 2.45) is 0 Å². The number of nitrogens with one attached hydrogen (secondary N) is 1. The molecule has 1 rings (SSSR count). The van der Waals surface area contributed by atoms with Gasteiger partial charge in [0.2, 0.25) is 11.8 Å². The molecule has 0 aromatic carbocycles. The molecule has 7 nitrogen and oxygen atoms in total. The molecule has 1 N–H and O–H groups in total. The minimum Gasteiger partial charge on any atom is -0.444 e. The van der Waals surface area contributed by atoms with E-state index < -0.39 is 11.7 Å². The van der Waals surface area contributed by atoms with E-state index in [1.54, 1.807) is 20.8 Å². The Kier molecular flexibility index (Phi) is 6.20. The molecule has 7 heteroatoms. The molecule has 0 aliphatic carbocycles. The van der Waals surface area contributed by atoms with Crippen molar-refractivity contribution in [2.75, 3.05) is 26.2 Å². The summed E-state index contributed by atoms with van der Waals surface area (Å²) in [5.41, 5.74) is -0.590. The van der Waals surface area contributed by atoms with Crippen LogP contribution in [0, 0.1) is 0 Å². The molecular formula is C15H27N3O4. The van der Waals surface area contributed by atoms with E-state index in [1.807, 2.05) is 13.8 Å². The molecular weight excluding hydrogens is 286 g/mol. The fourth-order valence-electron chi connectivity index (χ4n) is 1.95. The Bertz CT molecular complexity index is 431. The number of rotatable bonds is 4. The van der Waals surface area contributed by atoms with Crippen LogP contribution in [0.5, 0.6) is 0 Å². The van der Waals surface area contributed by atoms with Gasteiger partial charge in [0, 0.05) is 19.1 Å². The lowest BCUT2D eigenvalue weighted by Crippen LogP contribution is -2.55. The van der Waals surface area contributed by atoms with Gasteiger partial charge in [-0.15, -0.1) is 0 Å². The molecule has 1 atom stereocenters. The van der Waals surface area contributed by atoms with E-state index in [1.165, 1.54) is 9.80 Å². The highest BCUT2D eigenvalue weighted by molar-refractivity contribution is 5.88. The van der Waals surface area contributed by atoms with Gasteiger partial charge in [-0.3, -0.25) is 14.5 Å². The lowest BCUT2D eigenvalue weighted by molar-refractivity contribution is -0.140. The molecule has 1 aliphatic heterocycles. The minimum absolute atomic E-state index is 0.0331. The predicted octanol–water partition coefficient (Wildman–Crippen LogP) is 0.980. The quantitative estimate of drug-likeness (QED) is 0.839. The van der Waals surface area contributed by atoms with Crippen LogP contribution in [-0.4, -0.2) is 65.5 Å². The monoisotopic (exact) mass is 313 g/mol. The molecule has 1 fully saturated rings. The number of hydrogen-bond donors (Lipinski definition) is 1. The third-order valence-electron chi connectivity index (χ3n) is 3.32.